The summed E-state index contributed by atoms with van der Waals surface area (Å²) in [5.41, 5.74) is 2.97. The van der Waals surface area contributed by atoms with Crippen LogP contribution in [0.3, 0.4) is 0 Å². The highest BCUT2D eigenvalue weighted by Crippen LogP contribution is 2.43. The lowest BCUT2D eigenvalue weighted by Crippen LogP contribution is -2.30. The Hall–Kier alpha value is -2.14. The summed E-state index contributed by atoms with van der Waals surface area (Å²) in [5.74, 6) is 2.48. The van der Waals surface area contributed by atoms with Crippen LogP contribution in [0.15, 0.2) is 42.5 Å². The molecule has 1 aliphatic heterocycles. The fourth-order valence-corrected chi connectivity index (χ4v) is 4.29. The monoisotopic (exact) mass is 357 g/mol. The number of carbonyl (C=O) groups is 1. The molecule has 1 aliphatic rings. The molecule has 0 aliphatic carbocycles. The Morgan fingerprint density at radius 3 is 2.56 bits per heavy atom. The maximum atomic E-state index is 13.0. The van der Waals surface area contributed by atoms with Crippen molar-refractivity contribution in [2.75, 3.05) is 26.5 Å². The van der Waals surface area contributed by atoms with Gasteiger partial charge in [0.15, 0.2) is 0 Å². The molecule has 1 amide bonds. The zero-order chi connectivity index (χ0) is 17.8. The Balaban J connectivity index is 1.88. The molecule has 2 aromatic rings. The molecule has 25 heavy (non-hydrogen) atoms. The van der Waals surface area contributed by atoms with Gasteiger partial charge in [-0.05, 0) is 36.2 Å². The second kappa shape index (κ2) is 7.83. The van der Waals surface area contributed by atoms with E-state index in [1.165, 1.54) is 5.56 Å². The molecule has 1 saturated heterocycles. The summed E-state index contributed by atoms with van der Waals surface area (Å²) in [6, 6.07) is 13.7. The lowest BCUT2D eigenvalue weighted by Gasteiger charge is -2.26. The number of thioether (sulfide) groups is 1. The number of nitrogens with zero attached hydrogens (tertiary/aromatic N) is 1. The quantitative estimate of drug-likeness (QED) is 0.806. The highest BCUT2D eigenvalue weighted by Gasteiger charge is 2.33. The molecule has 5 heteroatoms. The summed E-state index contributed by atoms with van der Waals surface area (Å²) < 4.78 is 10.8. The number of carbonyl (C=O) groups excluding carboxylic acids is 1. The average Bonchev–Trinajstić information content (AvgIpc) is 3.16. The molecule has 1 heterocycles. The smallest absolute Gasteiger partial charge is 0.255 e. The highest BCUT2D eigenvalue weighted by atomic mass is 32.2. The Kier molecular flexibility index (Phi) is 5.53. The van der Waals surface area contributed by atoms with Crippen molar-refractivity contribution < 1.29 is 14.3 Å². The van der Waals surface area contributed by atoms with Crippen LogP contribution < -0.4 is 9.47 Å². The van der Waals surface area contributed by atoms with Crippen molar-refractivity contribution in [3.8, 4) is 11.5 Å². The van der Waals surface area contributed by atoms with Crippen LogP contribution in [0.4, 0.5) is 0 Å². The molecule has 1 fully saturated rings. The molecule has 0 radical (unpaired) electrons. The second-order valence-electron chi connectivity index (χ2n) is 5.88. The van der Waals surface area contributed by atoms with Crippen LogP contribution in [-0.4, -0.2) is 37.3 Å². The summed E-state index contributed by atoms with van der Waals surface area (Å²) in [4.78, 5) is 14.9. The molecule has 132 valence electrons. The third-order valence-corrected chi connectivity index (χ3v) is 5.71. The van der Waals surface area contributed by atoms with Gasteiger partial charge in [0, 0.05) is 29.5 Å². The summed E-state index contributed by atoms with van der Waals surface area (Å²) in [6.45, 7) is 2.85. The summed E-state index contributed by atoms with van der Waals surface area (Å²) in [7, 11) is 3.28. The van der Waals surface area contributed by atoms with Gasteiger partial charge in [-0.3, -0.25) is 4.79 Å². The van der Waals surface area contributed by atoms with Gasteiger partial charge in [0.05, 0.1) is 14.2 Å². The van der Waals surface area contributed by atoms with Crippen molar-refractivity contribution in [1.82, 2.24) is 4.90 Å². The number of ether oxygens (including phenoxy) is 2. The molecule has 3 rings (SSSR count). The fraction of sp³-hybridized carbons (Fsp3) is 0.350. The van der Waals surface area contributed by atoms with E-state index >= 15 is 0 Å². The van der Waals surface area contributed by atoms with Gasteiger partial charge in [0.1, 0.15) is 16.9 Å². The van der Waals surface area contributed by atoms with Crippen LogP contribution in [-0.2, 0) is 6.42 Å². The van der Waals surface area contributed by atoms with Gasteiger partial charge in [0.2, 0.25) is 0 Å². The van der Waals surface area contributed by atoms with E-state index in [-0.39, 0.29) is 11.3 Å². The largest absolute Gasteiger partial charge is 0.497 e. The van der Waals surface area contributed by atoms with E-state index in [0.29, 0.717) is 0 Å². The number of rotatable bonds is 5. The zero-order valence-electron chi connectivity index (χ0n) is 14.8. The lowest BCUT2D eigenvalue weighted by atomic mass is 10.1. The SMILES string of the molecule is CCc1ccc(C(=O)N2CCS[C@@H]2c2ccc(OC)cc2OC)cc1. The first kappa shape index (κ1) is 17.7. The van der Waals surface area contributed by atoms with Crippen molar-refractivity contribution in [3.05, 3.63) is 59.2 Å². The van der Waals surface area contributed by atoms with E-state index in [1.807, 2.05) is 47.4 Å². The van der Waals surface area contributed by atoms with E-state index in [0.717, 1.165) is 41.3 Å². The minimum Gasteiger partial charge on any atom is -0.497 e. The third-order valence-electron chi connectivity index (χ3n) is 4.47. The van der Waals surface area contributed by atoms with Crippen LogP contribution in [0.5, 0.6) is 11.5 Å². The molecule has 0 unspecified atom stereocenters. The zero-order valence-corrected chi connectivity index (χ0v) is 15.6. The highest BCUT2D eigenvalue weighted by molar-refractivity contribution is 7.99. The Bertz CT molecular complexity index is 745. The first-order chi connectivity index (χ1) is 12.2. The molecule has 0 spiro atoms. The number of aryl methyl sites for hydroxylation is 1. The molecule has 0 aromatic heterocycles. The second-order valence-corrected chi connectivity index (χ2v) is 7.07. The van der Waals surface area contributed by atoms with E-state index in [1.54, 1.807) is 26.0 Å². The molecular weight excluding hydrogens is 334 g/mol. The van der Waals surface area contributed by atoms with Crippen LogP contribution in [0.25, 0.3) is 0 Å². The Morgan fingerprint density at radius 2 is 1.92 bits per heavy atom. The van der Waals surface area contributed by atoms with Gasteiger partial charge >= 0.3 is 0 Å². The third kappa shape index (κ3) is 3.61. The molecular formula is C20H23NO3S. The minimum atomic E-state index is -0.0424. The normalized spacial score (nSPS) is 16.8. The number of benzene rings is 2. The van der Waals surface area contributed by atoms with Gasteiger partial charge in [-0.25, -0.2) is 0 Å². The van der Waals surface area contributed by atoms with Crippen molar-refractivity contribution in [2.24, 2.45) is 0 Å². The molecule has 4 nitrogen and oxygen atoms in total. The summed E-state index contributed by atoms with van der Waals surface area (Å²) in [5, 5.41) is -0.0424. The average molecular weight is 357 g/mol. The Labute approximate surface area is 153 Å². The summed E-state index contributed by atoms with van der Waals surface area (Å²) >= 11 is 1.76. The van der Waals surface area contributed by atoms with Crippen LogP contribution in [0, 0.1) is 0 Å². The van der Waals surface area contributed by atoms with Gasteiger partial charge < -0.3 is 14.4 Å². The molecule has 0 N–H and O–H groups in total. The van der Waals surface area contributed by atoms with E-state index in [9.17, 15) is 4.79 Å². The Morgan fingerprint density at radius 1 is 1.16 bits per heavy atom. The molecule has 1 atom stereocenters. The number of amides is 1. The van der Waals surface area contributed by atoms with Crippen molar-refractivity contribution >= 4 is 17.7 Å². The van der Waals surface area contributed by atoms with Crippen LogP contribution >= 0.6 is 11.8 Å². The van der Waals surface area contributed by atoms with Crippen molar-refractivity contribution in [1.29, 1.82) is 0 Å². The van der Waals surface area contributed by atoms with E-state index in [2.05, 4.69) is 6.92 Å². The van der Waals surface area contributed by atoms with Crippen LogP contribution in [0.2, 0.25) is 0 Å². The molecule has 0 bridgehead atoms. The number of hydrogen-bond donors (Lipinski definition) is 0. The van der Waals surface area contributed by atoms with E-state index in [4.69, 9.17) is 9.47 Å². The van der Waals surface area contributed by atoms with Gasteiger partial charge in [-0.15, -0.1) is 11.8 Å². The predicted octanol–water partition coefficient (Wildman–Crippen LogP) is 4.15. The van der Waals surface area contributed by atoms with Gasteiger partial charge in [-0.2, -0.15) is 0 Å². The van der Waals surface area contributed by atoms with Crippen molar-refractivity contribution in [3.63, 3.8) is 0 Å². The first-order valence-electron chi connectivity index (χ1n) is 8.41. The molecule has 0 saturated carbocycles. The first-order valence-corrected chi connectivity index (χ1v) is 9.46. The standard InChI is InChI=1S/C20H23NO3S/c1-4-14-5-7-15(8-6-14)19(22)21-11-12-25-20(21)17-10-9-16(23-2)13-18(17)24-3/h5-10,13,20H,4,11-12H2,1-3H3/t20-/m1/s1. The van der Waals surface area contributed by atoms with Gasteiger partial charge in [0.25, 0.3) is 5.91 Å². The van der Waals surface area contributed by atoms with Crippen molar-refractivity contribution in [2.45, 2.75) is 18.7 Å². The van der Waals surface area contributed by atoms with E-state index < -0.39 is 0 Å². The lowest BCUT2D eigenvalue weighted by molar-refractivity contribution is 0.0759. The maximum absolute atomic E-state index is 13.0. The minimum absolute atomic E-state index is 0.0424. The fourth-order valence-electron chi connectivity index (χ4n) is 3.01. The predicted molar refractivity (Wildman–Crippen MR) is 102 cm³/mol. The van der Waals surface area contributed by atoms with Crippen LogP contribution in [0.1, 0.15) is 33.8 Å². The summed E-state index contributed by atoms with van der Waals surface area (Å²) in [6.07, 6.45) is 0.972. The maximum Gasteiger partial charge on any atom is 0.255 e. The topological polar surface area (TPSA) is 38.8 Å². The molecule has 2 aromatic carbocycles. The van der Waals surface area contributed by atoms with Gasteiger partial charge in [-0.1, -0.05) is 19.1 Å². The number of hydrogen-bond acceptors (Lipinski definition) is 4. The number of methoxy groups -OCH3 is 2.